The van der Waals surface area contributed by atoms with E-state index in [9.17, 15) is 9.82 Å². The Morgan fingerprint density at radius 1 is 1.20 bits per heavy atom. The van der Waals surface area contributed by atoms with Crippen molar-refractivity contribution in [2.24, 2.45) is 5.10 Å². The molecule has 2 aromatic carbocycles. The van der Waals surface area contributed by atoms with Gasteiger partial charge in [-0.25, -0.2) is 4.92 Å². The van der Waals surface area contributed by atoms with Crippen LogP contribution in [0.25, 0.3) is 0 Å². The number of carbonyl (C=O) groups is 1. The maximum atomic E-state index is 12.4. The van der Waals surface area contributed by atoms with Crippen LogP contribution in [0.15, 0.2) is 53.6 Å². The van der Waals surface area contributed by atoms with Gasteiger partial charge >= 0.3 is 7.05 Å². The van der Waals surface area contributed by atoms with Crippen LogP contribution in [0.2, 0.25) is 0 Å². The van der Waals surface area contributed by atoms with E-state index in [1.165, 1.54) is 0 Å². The molecule has 1 amide bonds. The monoisotopic (exact) mass is 264 g/mol. The Bertz CT molecular complexity index is 700. The Balaban J connectivity index is 1.95. The highest BCUT2D eigenvalue weighted by molar-refractivity contribution is 6.68. The Labute approximate surface area is 117 Å². The lowest BCUT2D eigenvalue weighted by atomic mass is 9.69. The summed E-state index contributed by atoms with van der Waals surface area (Å²) in [5.41, 5.74) is 3.02. The maximum absolute atomic E-state index is 12.4. The molecular weight excluding hydrogens is 251 g/mol. The molecule has 1 aliphatic heterocycles. The van der Waals surface area contributed by atoms with Crippen molar-refractivity contribution < 1.29 is 9.82 Å². The van der Waals surface area contributed by atoms with E-state index in [0.29, 0.717) is 11.0 Å². The molecule has 0 saturated heterocycles. The lowest BCUT2D eigenvalue weighted by molar-refractivity contribution is 0.0846. The minimum absolute atomic E-state index is 0.313. The van der Waals surface area contributed by atoms with Gasteiger partial charge in [-0.1, -0.05) is 42.0 Å². The van der Waals surface area contributed by atoms with Gasteiger partial charge in [0.05, 0.1) is 6.21 Å². The first-order chi connectivity index (χ1) is 9.66. The standard InChI is InChI=1S/C15H13BN2O2/c1-11-5-4-7-12(9-11)15(19)18-16(20)14-8-3-2-6-13(14)10-17-18/h2-10,20H,1H3. The van der Waals surface area contributed by atoms with Gasteiger partial charge in [-0.2, -0.15) is 5.10 Å². The van der Waals surface area contributed by atoms with Gasteiger partial charge in [0.2, 0.25) is 0 Å². The number of aryl methyl sites for hydroxylation is 1. The smallest absolute Gasteiger partial charge is 0.427 e. The van der Waals surface area contributed by atoms with Crippen LogP contribution in [0.5, 0.6) is 0 Å². The van der Waals surface area contributed by atoms with Crippen LogP contribution in [-0.4, -0.2) is 29.1 Å². The number of benzene rings is 2. The van der Waals surface area contributed by atoms with Crippen molar-refractivity contribution in [2.75, 3.05) is 0 Å². The van der Waals surface area contributed by atoms with Crippen molar-refractivity contribution in [3.05, 3.63) is 65.2 Å². The quantitative estimate of drug-likeness (QED) is 0.786. The van der Waals surface area contributed by atoms with Gasteiger partial charge in [0.25, 0.3) is 5.91 Å². The molecule has 0 atom stereocenters. The molecule has 0 saturated carbocycles. The second kappa shape index (κ2) is 4.94. The number of amides is 1. The molecule has 0 bridgehead atoms. The van der Waals surface area contributed by atoms with Crippen LogP contribution in [0, 0.1) is 6.92 Å². The molecule has 20 heavy (non-hydrogen) atoms. The summed E-state index contributed by atoms with van der Waals surface area (Å²) >= 11 is 0. The van der Waals surface area contributed by atoms with Crippen molar-refractivity contribution >= 4 is 24.6 Å². The van der Waals surface area contributed by atoms with E-state index in [4.69, 9.17) is 0 Å². The molecule has 0 spiro atoms. The van der Waals surface area contributed by atoms with Gasteiger partial charge in [0, 0.05) is 5.56 Å². The first kappa shape index (κ1) is 12.6. The van der Waals surface area contributed by atoms with Crippen LogP contribution in [0.1, 0.15) is 21.5 Å². The zero-order valence-corrected chi connectivity index (χ0v) is 11.0. The third-order valence-electron chi connectivity index (χ3n) is 3.30. The molecular formula is C15H13BN2O2. The normalized spacial score (nSPS) is 13.3. The van der Waals surface area contributed by atoms with Crippen molar-refractivity contribution in [2.45, 2.75) is 6.92 Å². The Hall–Kier alpha value is -2.40. The molecule has 98 valence electrons. The summed E-state index contributed by atoms with van der Waals surface area (Å²) < 4.78 is 0. The van der Waals surface area contributed by atoms with Crippen molar-refractivity contribution in [1.82, 2.24) is 4.92 Å². The van der Waals surface area contributed by atoms with Crippen molar-refractivity contribution in [1.29, 1.82) is 0 Å². The Morgan fingerprint density at radius 3 is 2.80 bits per heavy atom. The summed E-state index contributed by atoms with van der Waals surface area (Å²) in [6.07, 6.45) is 1.59. The van der Waals surface area contributed by atoms with E-state index >= 15 is 0 Å². The molecule has 5 heteroatoms. The third-order valence-corrected chi connectivity index (χ3v) is 3.30. The summed E-state index contributed by atoms with van der Waals surface area (Å²) in [6.45, 7) is 1.92. The average Bonchev–Trinajstić information content (AvgIpc) is 2.47. The second-order valence-electron chi connectivity index (χ2n) is 4.77. The van der Waals surface area contributed by atoms with Crippen LogP contribution in [-0.2, 0) is 0 Å². The maximum Gasteiger partial charge on any atom is 0.474 e. The first-order valence-electron chi connectivity index (χ1n) is 6.38. The molecule has 3 rings (SSSR count). The predicted molar refractivity (Wildman–Crippen MR) is 79.0 cm³/mol. The second-order valence-corrected chi connectivity index (χ2v) is 4.77. The SMILES string of the molecule is Cc1cccc(C(=O)N2N=Cc3ccccc3B2O)c1. The fourth-order valence-electron chi connectivity index (χ4n) is 2.26. The van der Waals surface area contributed by atoms with Gasteiger partial charge in [0.1, 0.15) is 0 Å². The number of nitrogens with zero attached hydrogens (tertiary/aromatic N) is 2. The highest BCUT2D eigenvalue weighted by Gasteiger charge is 2.33. The Morgan fingerprint density at radius 2 is 2.00 bits per heavy atom. The van der Waals surface area contributed by atoms with Crippen molar-refractivity contribution in [3.63, 3.8) is 0 Å². The summed E-state index contributed by atoms with van der Waals surface area (Å²) in [5.74, 6) is -0.313. The predicted octanol–water partition coefficient (Wildman–Crippen LogP) is 1.17. The minimum Gasteiger partial charge on any atom is -0.427 e. The van der Waals surface area contributed by atoms with E-state index in [0.717, 1.165) is 16.0 Å². The molecule has 1 heterocycles. The molecule has 0 aromatic heterocycles. The van der Waals surface area contributed by atoms with Gasteiger partial charge in [-0.05, 0) is 30.1 Å². The first-order valence-corrected chi connectivity index (χ1v) is 6.38. The summed E-state index contributed by atoms with van der Waals surface area (Å²) in [7, 11) is -1.05. The van der Waals surface area contributed by atoms with Gasteiger partial charge < -0.3 is 5.02 Å². The number of hydrazone groups is 1. The number of rotatable bonds is 1. The molecule has 1 N–H and O–H groups in total. The molecule has 2 aromatic rings. The molecule has 0 unspecified atom stereocenters. The van der Waals surface area contributed by atoms with E-state index in [-0.39, 0.29) is 5.91 Å². The number of fused-ring (bicyclic) bond motifs is 1. The van der Waals surface area contributed by atoms with Crippen LogP contribution in [0.3, 0.4) is 0 Å². The Kier molecular flexibility index (Phi) is 3.12. The third kappa shape index (κ3) is 2.12. The summed E-state index contributed by atoms with van der Waals surface area (Å²) in [6, 6.07) is 14.6. The van der Waals surface area contributed by atoms with Gasteiger partial charge in [-0.3, -0.25) is 4.79 Å². The zero-order valence-electron chi connectivity index (χ0n) is 11.0. The van der Waals surface area contributed by atoms with Crippen LogP contribution >= 0.6 is 0 Å². The summed E-state index contributed by atoms with van der Waals surface area (Å²) in [5, 5.41) is 14.4. The van der Waals surface area contributed by atoms with E-state index in [1.807, 2.05) is 37.3 Å². The average molecular weight is 264 g/mol. The molecule has 4 nitrogen and oxygen atoms in total. The summed E-state index contributed by atoms with van der Waals surface area (Å²) in [4.78, 5) is 13.5. The number of hydrogen-bond acceptors (Lipinski definition) is 3. The van der Waals surface area contributed by atoms with Crippen LogP contribution < -0.4 is 5.46 Å². The van der Waals surface area contributed by atoms with E-state index < -0.39 is 7.05 Å². The highest BCUT2D eigenvalue weighted by atomic mass is 16.2. The number of carbonyl (C=O) groups excluding carboxylic acids is 1. The molecule has 0 radical (unpaired) electrons. The largest absolute Gasteiger partial charge is 0.474 e. The van der Waals surface area contributed by atoms with Gasteiger partial charge in [-0.15, -0.1) is 0 Å². The number of hydrogen-bond donors (Lipinski definition) is 1. The van der Waals surface area contributed by atoms with E-state index in [1.54, 1.807) is 24.4 Å². The van der Waals surface area contributed by atoms with Crippen molar-refractivity contribution in [3.8, 4) is 0 Å². The van der Waals surface area contributed by atoms with Gasteiger partial charge in [0.15, 0.2) is 0 Å². The molecule has 0 fully saturated rings. The molecule has 0 aliphatic carbocycles. The van der Waals surface area contributed by atoms with E-state index in [2.05, 4.69) is 5.10 Å². The highest BCUT2D eigenvalue weighted by Crippen LogP contribution is 2.12. The topological polar surface area (TPSA) is 52.9 Å². The minimum atomic E-state index is -1.05. The zero-order chi connectivity index (χ0) is 14.1. The fourth-order valence-corrected chi connectivity index (χ4v) is 2.26. The van der Waals surface area contributed by atoms with Crippen LogP contribution in [0.4, 0.5) is 0 Å². The fraction of sp³-hybridized carbons (Fsp3) is 0.0667. The molecule has 1 aliphatic rings. The lowest BCUT2D eigenvalue weighted by Crippen LogP contribution is -2.52. The lowest BCUT2D eigenvalue weighted by Gasteiger charge is -2.24.